The molecule has 0 unspecified atom stereocenters. The zero-order valence-electron chi connectivity index (χ0n) is 39.7. The lowest BCUT2D eigenvalue weighted by atomic mass is 9.83. The number of pyridine rings is 1. The zero-order valence-corrected chi connectivity index (χ0v) is 39.7. The van der Waals surface area contributed by atoms with Crippen molar-refractivity contribution in [1.29, 1.82) is 0 Å². The summed E-state index contributed by atoms with van der Waals surface area (Å²) >= 11 is 0. The van der Waals surface area contributed by atoms with E-state index in [1.807, 2.05) is 0 Å². The Hall–Kier alpha value is -7.43. The summed E-state index contributed by atoms with van der Waals surface area (Å²) in [5.41, 5.74) is 17.0. The molecule has 4 nitrogen and oxygen atoms in total. The molecule has 0 bridgehead atoms. The Bertz CT molecular complexity index is 4420. The molecule has 0 saturated heterocycles. The fourth-order valence-electron chi connectivity index (χ4n) is 11.9. The summed E-state index contributed by atoms with van der Waals surface area (Å²) in [5.74, 6) is 0. The van der Waals surface area contributed by atoms with Gasteiger partial charge in [-0.25, -0.2) is 4.98 Å². The number of hydrogen-bond donors (Lipinski definition) is 0. The van der Waals surface area contributed by atoms with Crippen LogP contribution in [0, 0.1) is 0 Å². The number of aromatic nitrogens is 4. The number of para-hydroxylation sites is 2. The molecule has 0 aliphatic rings. The van der Waals surface area contributed by atoms with Crippen molar-refractivity contribution in [3.63, 3.8) is 0 Å². The van der Waals surface area contributed by atoms with Crippen LogP contribution < -0.4 is 0 Å². The normalized spacial score (nSPS) is 13.4. The van der Waals surface area contributed by atoms with E-state index in [9.17, 15) is 0 Å². The van der Waals surface area contributed by atoms with Crippen LogP contribution in [-0.4, -0.2) is 18.4 Å². The largest absolute Gasteiger partial charge is 0.309 e. The van der Waals surface area contributed by atoms with Gasteiger partial charge in [0.1, 0.15) is 5.65 Å². The highest BCUT2D eigenvalue weighted by atomic mass is 15.0. The second kappa shape index (κ2) is 12.7. The first kappa shape index (κ1) is 38.8. The predicted octanol–water partition coefficient (Wildman–Crippen LogP) is 17.2. The van der Waals surface area contributed by atoms with E-state index in [0.29, 0.717) is 0 Å². The van der Waals surface area contributed by atoms with Crippen molar-refractivity contribution in [3.05, 3.63) is 168 Å². The Morgan fingerprint density at radius 1 is 0.373 bits per heavy atom. The van der Waals surface area contributed by atoms with Gasteiger partial charge in [-0.3, -0.25) is 4.40 Å². The Balaban J connectivity index is 1.18. The first-order chi connectivity index (χ1) is 32.1. The van der Waals surface area contributed by atoms with E-state index in [0.717, 1.165) is 11.2 Å². The van der Waals surface area contributed by atoms with Crippen LogP contribution in [0.4, 0.5) is 0 Å². The minimum atomic E-state index is -0.0886. The van der Waals surface area contributed by atoms with Crippen LogP contribution in [-0.2, 0) is 16.2 Å². The second-order valence-electron chi connectivity index (χ2n) is 22.5. The van der Waals surface area contributed by atoms with Crippen molar-refractivity contribution < 1.29 is 0 Å². The van der Waals surface area contributed by atoms with Gasteiger partial charge >= 0.3 is 0 Å². The molecule has 6 aromatic heterocycles. The van der Waals surface area contributed by atoms with E-state index in [4.69, 9.17) is 4.98 Å². The van der Waals surface area contributed by atoms with E-state index < -0.39 is 0 Å². The standard InChI is InChI=1S/C63H52N4/c1-61(2,3)37-24-26-52-45(29-37)46-28-35-17-13-14-20-41(35)54-56-53(66(52)59(46)54)34-64-60-55(56)49-33-39(63(7,8)9)32-48-47-31-38(62(4,5)6)30-43(57(47)67(60)58(48)49)36-23-25-51-44(27-36)42-21-15-16-22-50(42)65(51)40-18-11-10-12-19-40/h10-34H,1-9H3. The quantitative estimate of drug-likeness (QED) is 0.170. The smallest absolute Gasteiger partial charge is 0.146 e. The summed E-state index contributed by atoms with van der Waals surface area (Å²) < 4.78 is 7.49. The molecule has 0 amide bonds. The molecule has 0 N–H and O–H groups in total. The van der Waals surface area contributed by atoms with Gasteiger partial charge in [0.15, 0.2) is 0 Å². The Morgan fingerprint density at radius 3 is 1.73 bits per heavy atom. The first-order valence-corrected chi connectivity index (χ1v) is 24.0. The van der Waals surface area contributed by atoms with Crippen LogP contribution in [0.15, 0.2) is 152 Å². The van der Waals surface area contributed by atoms with Crippen molar-refractivity contribution >= 4 is 109 Å². The molecule has 67 heavy (non-hydrogen) atoms. The third-order valence-corrected chi connectivity index (χ3v) is 15.3. The molecule has 0 radical (unpaired) electrons. The monoisotopic (exact) mass is 864 g/mol. The molecule has 6 heterocycles. The van der Waals surface area contributed by atoms with Gasteiger partial charge in [-0.15, -0.1) is 0 Å². The average Bonchev–Trinajstić information content (AvgIpc) is 4.10. The molecule has 0 aliphatic heterocycles. The van der Waals surface area contributed by atoms with Gasteiger partial charge in [0, 0.05) is 65.1 Å². The fraction of sp³-hybridized carbons (Fsp3) is 0.190. The maximum absolute atomic E-state index is 5.65. The van der Waals surface area contributed by atoms with Crippen molar-refractivity contribution in [3.8, 4) is 16.8 Å². The maximum atomic E-state index is 5.65. The molecule has 14 aromatic rings. The SMILES string of the molecule is CC(C)(C)c1ccc2c(c1)c1cc3ccccc3c3c4c5c6cc(C(C)(C)C)cc7c8cc(C(C)(C)C)cc(-c9ccc%10c(c9)c9ccccc9n%10-c9ccccc9)c8n(c5ncc4n2c13)c76. The van der Waals surface area contributed by atoms with Crippen molar-refractivity contribution in [2.45, 2.75) is 78.6 Å². The highest BCUT2D eigenvalue weighted by Crippen LogP contribution is 2.51. The summed E-state index contributed by atoms with van der Waals surface area (Å²) in [6.07, 6.45) is 2.18. The van der Waals surface area contributed by atoms with E-state index >= 15 is 0 Å². The van der Waals surface area contributed by atoms with Gasteiger partial charge in [-0.2, -0.15) is 0 Å². The summed E-state index contributed by atoms with van der Waals surface area (Å²) in [6, 6.07) is 55.3. The van der Waals surface area contributed by atoms with Crippen LogP contribution in [0.2, 0.25) is 0 Å². The fourth-order valence-corrected chi connectivity index (χ4v) is 11.9. The molecule has 0 fully saturated rings. The molecular formula is C63H52N4. The summed E-state index contributed by atoms with van der Waals surface area (Å²) in [6.45, 7) is 21.0. The highest BCUT2D eigenvalue weighted by molar-refractivity contribution is 6.39. The molecule has 324 valence electrons. The third kappa shape index (κ3) is 5.11. The van der Waals surface area contributed by atoms with E-state index in [1.54, 1.807) is 0 Å². The van der Waals surface area contributed by atoms with Crippen molar-refractivity contribution in [2.24, 2.45) is 0 Å². The van der Waals surface area contributed by atoms with Crippen LogP contribution in [0.1, 0.15) is 79.0 Å². The Labute approximate surface area is 389 Å². The zero-order chi connectivity index (χ0) is 45.6. The predicted molar refractivity (Wildman–Crippen MR) is 287 cm³/mol. The number of nitrogens with zero attached hydrogens (tertiary/aromatic N) is 4. The number of rotatable bonds is 2. The molecule has 14 rings (SSSR count). The van der Waals surface area contributed by atoms with Gasteiger partial charge in [-0.1, -0.05) is 135 Å². The topological polar surface area (TPSA) is 26.6 Å². The number of hydrogen-bond acceptors (Lipinski definition) is 1. The second-order valence-corrected chi connectivity index (χ2v) is 22.5. The molecule has 4 heteroatoms. The van der Waals surface area contributed by atoms with Crippen LogP contribution in [0.25, 0.3) is 126 Å². The molecule has 8 aromatic carbocycles. The Morgan fingerprint density at radius 2 is 0.970 bits per heavy atom. The minimum absolute atomic E-state index is 0.0334. The minimum Gasteiger partial charge on any atom is -0.309 e. The molecule has 0 aliphatic carbocycles. The first-order valence-electron chi connectivity index (χ1n) is 24.0. The van der Waals surface area contributed by atoms with Gasteiger partial charge < -0.3 is 8.97 Å². The lowest BCUT2D eigenvalue weighted by molar-refractivity contribution is 0.591. The average molecular weight is 865 g/mol. The summed E-state index contributed by atoms with van der Waals surface area (Å²) in [5, 5.41) is 15.3. The molecule has 0 spiro atoms. The van der Waals surface area contributed by atoms with Gasteiger partial charge in [-0.05, 0) is 122 Å². The van der Waals surface area contributed by atoms with Crippen molar-refractivity contribution in [1.82, 2.24) is 18.4 Å². The molecule has 0 atom stereocenters. The van der Waals surface area contributed by atoms with Gasteiger partial charge in [0.05, 0.1) is 44.8 Å². The number of fused-ring (bicyclic) bond motifs is 18. The van der Waals surface area contributed by atoms with Crippen LogP contribution >= 0.6 is 0 Å². The molecular weight excluding hydrogens is 813 g/mol. The van der Waals surface area contributed by atoms with E-state index in [-0.39, 0.29) is 16.2 Å². The summed E-state index contributed by atoms with van der Waals surface area (Å²) in [7, 11) is 0. The number of benzene rings is 8. The molecule has 0 saturated carbocycles. The van der Waals surface area contributed by atoms with E-state index in [2.05, 4.69) is 227 Å². The maximum Gasteiger partial charge on any atom is 0.146 e. The lowest BCUT2D eigenvalue weighted by Gasteiger charge is -2.22. The Kier molecular flexibility index (Phi) is 7.36. The van der Waals surface area contributed by atoms with Crippen molar-refractivity contribution in [2.75, 3.05) is 0 Å². The lowest BCUT2D eigenvalue weighted by Crippen LogP contribution is -2.11. The summed E-state index contributed by atoms with van der Waals surface area (Å²) in [4.78, 5) is 5.65. The van der Waals surface area contributed by atoms with Gasteiger partial charge in [0.2, 0.25) is 0 Å². The third-order valence-electron chi connectivity index (χ3n) is 15.3. The van der Waals surface area contributed by atoms with E-state index in [1.165, 1.54) is 131 Å². The van der Waals surface area contributed by atoms with Crippen LogP contribution in [0.5, 0.6) is 0 Å². The highest BCUT2D eigenvalue weighted by Gasteiger charge is 2.31. The van der Waals surface area contributed by atoms with Crippen LogP contribution in [0.3, 0.4) is 0 Å². The van der Waals surface area contributed by atoms with Gasteiger partial charge in [0.25, 0.3) is 0 Å².